The summed E-state index contributed by atoms with van der Waals surface area (Å²) >= 11 is 0. The largest absolute Gasteiger partial charge is 0.496 e. The lowest BCUT2D eigenvalue weighted by atomic mass is 10.1. The minimum Gasteiger partial charge on any atom is -0.496 e. The Morgan fingerprint density at radius 3 is 2.67 bits per heavy atom. The van der Waals surface area contributed by atoms with Crippen molar-refractivity contribution in [3.8, 4) is 5.75 Å². The SMILES string of the molecule is COc1ccc(CNCCc2c[nH]c3ccccc23)cc1CN1CCOCC1.Cl.Cl. The second-order valence-corrected chi connectivity index (χ2v) is 7.32. The molecule has 1 aromatic heterocycles. The standard InChI is InChI=1S/C23H29N3O2.2ClH/c1-27-23-7-6-18(14-20(23)17-26-10-12-28-13-11-26)15-24-9-8-19-16-25-22-5-3-2-4-21(19)22;;/h2-7,14,16,24-25H,8-13,15,17H2,1H3;2*1H. The molecule has 164 valence electrons. The van der Waals surface area contributed by atoms with E-state index in [9.17, 15) is 0 Å². The van der Waals surface area contributed by atoms with Crippen molar-refractivity contribution in [2.45, 2.75) is 19.5 Å². The van der Waals surface area contributed by atoms with E-state index in [1.54, 1.807) is 7.11 Å². The number of ether oxygens (including phenoxy) is 2. The van der Waals surface area contributed by atoms with Crippen molar-refractivity contribution in [1.82, 2.24) is 15.2 Å². The van der Waals surface area contributed by atoms with Crippen LogP contribution in [0.2, 0.25) is 0 Å². The van der Waals surface area contributed by atoms with Crippen molar-refractivity contribution in [3.05, 3.63) is 65.4 Å². The van der Waals surface area contributed by atoms with Crippen molar-refractivity contribution >= 4 is 35.7 Å². The number of aromatic amines is 1. The molecule has 0 bridgehead atoms. The molecule has 4 rings (SSSR count). The van der Waals surface area contributed by atoms with Crippen LogP contribution in [-0.4, -0.2) is 49.8 Å². The molecule has 0 atom stereocenters. The van der Waals surface area contributed by atoms with E-state index in [1.807, 2.05) is 0 Å². The number of fused-ring (bicyclic) bond motifs is 1. The summed E-state index contributed by atoms with van der Waals surface area (Å²) in [5, 5.41) is 4.91. The second kappa shape index (κ2) is 12.2. The molecule has 0 unspecified atom stereocenters. The zero-order valence-electron chi connectivity index (χ0n) is 17.4. The maximum absolute atomic E-state index is 5.58. The summed E-state index contributed by atoms with van der Waals surface area (Å²) in [7, 11) is 1.75. The molecule has 0 amide bonds. The van der Waals surface area contributed by atoms with E-state index in [4.69, 9.17) is 9.47 Å². The number of hydrogen-bond acceptors (Lipinski definition) is 4. The number of hydrogen-bond donors (Lipinski definition) is 2. The lowest BCUT2D eigenvalue weighted by molar-refractivity contribution is 0.0339. The Labute approximate surface area is 191 Å². The molecule has 1 aliphatic rings. The molecule has 0 saturated carbocycles. The van der Waals surface area contributed by atoms with Gasteiger partial charge in [-0.05, 0) is 42.3 Å². The quantitative estimate of drug-likeness (QED) is 0.504. The van der Waals surface area contributed by atoms with E-state index < -0.39 is 0 Å². The van der Waals surface area contributed by atoms with E-state index in [0.717, 1.165) is 58.1 Å². The van der Waals surface area contributed by atoms with Crippen LogP contribution < -0.4 is 10.1 Å². The first-order valence-corrected chi connectivity index (χ1v) is 10.0. The topological polar surface area (TPSA) is 49.5 Å². The molecule has 3 aromatic rings. The van der Waals surface area contributed by atoms with Crippen molar-refractivity contribution in [1.29, 1.82) is 0 Å². The first-order valence-electron chi connectivity index (χ1n) is 10.0. The van der Waals surface area contributed by atoms with Crippen molar-refractivity contribution in [3.63, 3.8) is 0 Å². The van der Waals surface area contributed by atoms with E-state index in [-0.39, 0.29) is 24.8 Å². The number of nitrogens with zero attached hydrogens (tertiary/aromatic N) is 1. The molecule has 2 aromatic carbocycles. The van der Waals surface area contributed by atoms with Crippen LogP contribution in [0.4, 0.5) is 0 Å². The van der Waals surface area contributed by atoms with Crippen LogP contribution in [0.15, 0.2) is 48.7 Å². The van der Waals surface area contributed by atoms with Crippen LogP contribution >= 0.6 is 24.8 Å². The van der Waals surface area contributed by atoms with Gasteiger partial charge in [0.15, 0.2) is 0 Å². The van der Waals surface area contributed by atoms with Gasteiger partial charge in [-0.25, -0.2) is 0 Å². The highest BCUT2D eigenvalue weighted by molar-refractivity contribution is 5.85. The predicted molar refractivity (Wildman–Crippen MR) is 127 cm³/mol. The molecule has 0 radical (unpaired) electrons. The normalized spacial score (nSPS) is 14.2. The number of halogens is 2. The fraction of sp³-hybridized carbons (Fsp3) is 0.391. The van der Waals surface area contributed by atoms with Crippen molar-refractivity contribution in [2.24, 2.45) is 0 Å². The maximum atomic E-state index is 5.58. The van der Waals surface area contributed by atoms with Gasteiger partial charge in [0.2, 0.25) is 0 Å². The van der Waals surface area contributed by atoms with E-state index in [1.165, 1.54) is 27.6 Å². The van der Waals surface area contributed by atoms with Gasteiger partial charge in [-0.1, -0.05) is 24.3 Å². The number of rotatable bonds is 8. The average Bonchev–Trinajstić information content (AvgIpc) is 3.15. The molecule has 2 N–H and O–H groups in total. The number of nitrogens with one attached hydrogen (secondary N) is 2. The molecular formula is C23H31Cl2N3O2. The fourth-order valence-electron chi connectivity index (χ4n) is 3.86. The Balaban J connectivity index is 0.00000160. The smallest absolute Gasteiger partial charge is 0.123 e. The highest BCUT2D eigenvalue weighted by Gasteiger charge is 2.14. The molecular weight excluding hydrogens is 421 g/mol. The minimum atomic E-state index is 0. The molecule has 0 aliphatic carbocycles. The Morgan fingerprint density at radius 2 is 1.87 bits per heavy atom. The average molecular weight is 452 g/mol. The van der Waals surface area contributed by atoms with Gasteiger partial charge in [0.25, 0.3) is 0 Å². The first-order chi connectivity index (χ1) is 13.8. The lowest BCUT2D eigenvalue weighted by Crippen LogP contribution is -2.35. The van der Waals surface area contributed by atoms with Crippen molar-refractivity contribution in [2.75, 3.05) is 40.0 Å². The molecule has 2 heterocycles. The summed E-state index contributed by atoms with van der Waals surface area (Å²) < 4.78 is 11.0. The summed E-state index contributed by atoms with van der Waals surface area (Å²) in [6, 6.07) is 15.0. The third kappa shape index (κ3) is 6.13. The van der Waals surface area contributed by atoms with E-state index >= 15 is 0 Å². The highest BCUT2D eigenvalue weighted by atomic mass is 35.5. The van der Waals surface area contributed by atoms with E-state index in [2.05, 4.69) is 63.9 Å². The molecule has 0 spiro atoms. The zero-order valence-corrected chi connectivity index (χ0v) is 19.0. The number of H-pyrrole nitrogens is 1. The molecule has 5 nitrogen and oxygen atoms in total. The summed E-state index contributed by atoms with van der Waals surface area (Å²) in [5.74, 6) is 0.967. The molecule has 1 aliphatic heterocycles. The van der Waals surface area contributed by atoms with Crippen molar-refractivity contribution < 1.29 is 9.47 Å². The lowest BCUT2D eigenvalue weighted by Gasteiger charge is -2.27. The molecule has 7 heteroatoms. The maximum Gasteiger partial charge on any atom is 0.123 e. The fourth-order valence-corrected chi connectivity index (χ4v) is 3.86. The van der Waals surface area contributed by atoms with Crippen LogP contribution in [0, 0.1) is 0 Å². The Bertz CT molecular complexity index is 910. The zero-order chi connectivity index (χ0) is 19.2. The summed E-state index contributed by atoms with van der Waals surface area (Å²) in [4.78, 5) is 5.78. The number of para-hydroxylation sites is 1. The number of methoxy groups -OCH3 is 1. The van der Waals surface area contributed by atoms with Crippen LogP contribution in [0.25, 0.3) is 10.9 Å². The molecule has 1 saturated heterocycles. The third-order valence-corrected chi connectivity index (χ3v) is 5.42. The van der Waals surface area contributed by atoms with Gasteiger partial charge in [-0.15, -0.1) is 24.8 Å². The summed E-state index contributed by atoms with van der Waals surface area (Å²) in [6.07, 6.45) is 3.14. The van der Waals surface area contributed by atoms with Crippen LogP contribution in [0.1, 0.15) is 16.7 Å². The van der Waals surface area contributed by atoms with Gasteiger partial charge in [0.05, 0.1) is 20.3 Å². The summed E-state index contributed by atoms with van der Waals surface area (Å²) in [6.45, 7) is 6.33. The first kappa shape index (κ1) is 24.5. The third-order valence-electron chi connectivity index (χ3n) is 5.42. The highest BCUT2D eigenvalue weighted by Crippen LogP contribution is 2.22. The monoisotopic (exact) mass is 451 g/mol. The van der Waals surface area contributed by atoms with Gasteiger partial charge in [-0.2, -0.15) is 0 Å². The van der Waals surface area contributed by atoms with Crippen LogP contribution in [0.3, 0.4) is 0 Å². The minimum absolute atomic E-state index is 0. The van der Waals surface area contributed by atoms with E-state index in [0.29, 0.717) is 0 Å². The number of benzene rings is 2. The molecule has 1 fully saturated rings. The summed E-state index contributed by atoms with van der Waals surface area (Å²) in [5.41, 5.74) is 5.12. The Kier molecular flexibility index (Phi) is 9.95. The molecule has 30 heavy (non-hydrogen) atoms. The Morgan fingerprint density at radius 1 is 1.07 bits per heavy atom. The second-order valence-electron chi connectivity index (χ2n) is 7.32. The van der Waals surface area contributed by atoms with Gasteiger partial charge in [0, 0.05) is 48.8 Å². The van der Waals surface area contributed by atoms with Crippen LogP contribution in [0.5, 0.6) is 5.75 Å². The number of aromatic nitrogens is 1. The van der Waals surface area contributed by atoms with Gasteiger partial charge in [0.1, 0.15) is 5.75 Å². The number of morpholine rings is 1. The van der Waals surface area contributed by atoms with Crippen LogP contribution in [-0.2, 0) is 24.2 Å². The Hall–Kier alpha value is -1.76. The van der Waals surface area contributed by atoms with Gasteiger partial charge in [-0.3, -0.25) is 4.90 Å². The van der Waals surface area contributed by atoms with Gasteiger partial charge < -0.3 is 19.8 Å². The van der Waals surface area contributed by atoms with Gasteiger partial charge >= 0.3 is 0 Å². The predicted octanol–water partition coefficient (Wildman–Crippen LogP) is 4.18.